The van der Waals surface area contributed by atoms with Crippen molar-refractivity contribution in [3.05, 3.63) is 18.2 Å². The first-order valence-electron chi connectivity index (χ1n) is 7.36. The highest BCUT2D eigenvalue weighted by Crippen LogP contribution is 2.50. The highest BCUT2D eigenvalue weighted by atomic mass is 16.3. The molecular weight excluding hydrogens is 250 g/mol. The van der Waals surface area contributed by atoms with Crippen molar-refractivity contribution in [1.82, 2.24) is 9.55 Å². The van der Waals surface area contributed by atoms with Crippen LogP contribution in [0.15, 0.2) is 12.5 Å². The number of aromatic nitrogens is 2. The average molecular weight is 275 g/mol. The Hall–Kier alpha value is -1.34. The van der Waals surface area contributed by atoms with Crippen molar-refractivity contribution in [2.75, 3.05) is 0 Å². The number of aliphatic hydroxyl groups is 1. The number of hydrogen-bond acceptors (Lipinski definition) is 3. The maximum Gasteiger partial charge on any atom is 0.114 e. The van der Waals surface area contributed by atoms with Gasteiger partial charge in [-0.2, -0.15) is 5.26 Å². The minimum Gasteiger partial charge on any atom is -0.385 e. The van der Waals surface area contributed by atoms with E-state index >= 15 is 0 Å². The minimum absolute atomic E-state index is 0.277. The number of aliphatic hydroxyl groups excluding tert-OH is 1. The number of nitrogens with zero attached hydrogens (tertiary/aromatic N) is 3. The van der Waals surface area contributed by atoms with E-state index in [0.717, 1.165) is 31.4 Å². The highest BCUT2D eigenvalue weighted by Gasteiger charge is 2.45. The summed E-state index contributed by atoms with van der Waals surface area (Å²) < 4.78 is 1.81. The summed E-state index contributed by atoms with van der Waals surface area (Å²) in [4.78, 5) is 4.05. The molecule has 1 saturated carbocycles. The van der Waals surface area contributed by atoms with E-state index in [1.165, 1.54) is 0 Å². The van der Waals surface area contributed by atoms with E-state index in [1.807, 2.05) is 7.05 Å². The van der Waals surface area contributed by atoms with Crippen molar-refractivity contribution >= 4 is 0 Å². The van der Waals surface area contributed by atoms with Gasteiger partial charge in [-0.3, -0.25) is 0 Å². The predicted octanol–water partition coefficient (Wildman–Crippen LogP) is 3.20. The lowest BCUT2D eigenvalue weighted by Crippen LogP contribution is -2.36. The highest BCUT2D eigenvalue weighted by molar-refractivity contribution is 5.16. The van der Waals surface area contributed by atoms with Crippen molar-refractivity contribution in [3.63, 3.8) is 0 Å². The van der Waals surface area contributed by atoms with Crippen LogP contribution in [0.3, 0.4) is 0 Å². The summed E-state index contributed by atoms with van der Waals surface area (Å²) in [6.45, 7) is 6.78. The van der Waals surface area contributed by atoms with Gasteiger partial charge in [-0.05, 0) is 37.0 Å². The molecule has 1 fully saturated rings. The number of aryl methyl sites for hydroxylation is 1. The van der Waals surface area contributed by atoms with Crippen LogP contribution in [0.4, 0.5) is 0 Å². The molecule has 0 amide bonds. The van der Waals surface area contributed by atoms with Crippen molar-refractivity contribution in [2.24, 2.45) is 23.8 Å². The van der Waals surface area contributed by atoms with Crippen LogP contribution >= 0.6 is 0 Å². The lowest BCUT2D eigenvalue weighted by atomic mass is 9.62. The quantitative estimate of drug-likeness (QED) is 0.901. The van der Waals surface area contributed by atoms with E-state index in [-0.39, 0.29) is 5.41 Å². The molecule has 0 bridgehead atoms. The standard InChI is InChI=1S/C16H25N3O/c1-15(2,3)12-5-7-16(10-17,8-6-12)14(20)13-9-18-11-19(13)4/h9,11-12,14,20H,5-8H2,1-4H3. The van der Waals surface area contributed by atoms with Gasteiger partial charge in [-0.1, -0.05) is 20.8 Å². The van der Waals surface area contributed by atoms with E-state index in [4.69, 9.17) is 0 Å². The second kappa shape index (κ2) is 5.21. The van der Waals surface area contributed by atoms with Crippen LogP contribution in [0.1, 0.15) is 58.3 Å². The van der Waals surface area contributed by atoms with Gasteiger partial charge >= 0.3 is 0 Å². The van der Waals surface area contributed by atoms with Crippen LogP contribution in [-0.2, 0) is 7.05 Å². The molecule has 0 radical (unpaired) electrons. The molecule has 1 heterocycles. The molecule has 4 nitrogen and oxygen atoms in total. The van der Waals surface area contributed by atoms with Crippen molar-refractivity contribution < 1.29 is 5.11 Å². The van der Waals surface area contributed by atoms with E-state index in [0.29, 0.717) is 5.92 Å². The number of hydrogen-bond donors (Lipinski definition) is 1. The molecule has 110 valence electrons. The molecule has 1 aliphatic rings. The molecule has 2 rings (SSSR count). The maximum absolute atomic E-state index is 10.7. The molecule has 1 atom stereocenters. The Labute approximate surface area is 121 Å². The molecule has 0 aliphatic heterocycles. The second-order valence-electron chi connectivity index (χ2n) is 7.24. The second-order valence-corrected chi connectivity index (χ2v) is 7.24. The van der Waals surface area contributed by atoms with Crippen LogP contribution in [0, 0.1) is 28.1 Å². The van der Waals surface area contributed by atoms with E-state index in [2.05, 4.69) is 31.8 Å². The zero-order chi connectivity index (χ0) is 15.0. The van der Waals surface area contributed by atoms with Crippen LogP contribution in [0.2, 0.25) is 0 Å². The van der Waals surface area contributed by atoms with Gasteiger partial charge in [0.05, 0.1) is 29.7 Å². The van der Waals surface area contributed by atoms with Crippen LogP contribution in [-0.4, -0.2) is 14.7 Å². The molecule has 0 aromatic carbocycles. The van der Waals surface area contributed by atoms with Gasteiger partial charge < -0.3 is 9.67 Å². The van der Waals surface area contributed by atoms with Gasteiger partial charge in [-0.25, -0.2) is 4.98 Å². The Morgan fingerprint density at radius 2 is 2.05 bits per heavy atom. The fraction of sp³-hybridized carbons (Fsp3) is 0.750. The summed E-state index contributed by atoms with van der Waals surface area (Å²) in [5.74, 6) is 0.628. The third-order valence-corrected chi connectivity index (χ3v) is 4.98. The van der Waals surface area contributed by atoms with E-state index in [9.17, 15) is 10.4 Å². The van der Waals surface area contributed by atoms with Crippen LogP contribution < -0.4 is 0 Å². The zero-order valence-electron chi connectivity index (χ0n) is 12.9. The normalized spacial score (nSPS) is 28.9. The largest absolute Gasteiger partial charge is 0.385 e. The van der Waals surface area contributed by atoms with Gasteiger partial charge in [0.2, 0.25) is 0 Å². The maximum atomic E-state index is 10.7. The molecule has 1 aromatic heterocycles. The summed E-state index contributed by atoms with van der Waals surface area (Å²) in [6.07, 6.45) is 6.12. The van der Waals surface area contributed by atoms with Gasteiger partial charge in [-0.15, -0.1) is 0 Å². The van der Waals surface area contributed by atoms with Gasteiger partial charge in [0.15, 0.2) is 0 Å². The van der Waals surface area contributed by atoms with Gasteiger partial charge in [0.25, 0.3) is 0 Å². The summed E-state index contributed by atoms with van der Waals surface area (Å²) in [5, 5.41) is 20.3. The Kier molecular flexibility index (Phi) is 3.93. The van der Waals surface area contributed by atoms with E-state index in [1.54, 1.807) is 17.1 Å². The Bertz CT molecular complexity index is 499. The van der Waals surface area contributed by atoms with Crippen LogP contribution in [0.25, 0.3) is 0 Å². The SMILES string of the molecule is Cn1cncc1C(O)C1(C#N)CCC(C(C)(C)C)CC1. The molecule has 1 N–H and O–H groups in total. The first-order chi connectivity index (χ1) is 9.30. The predicted molar refractivity (Wildman–Crippen MR) is 77.6 cm³/mol. The summed E-state index contributed by atoms with van der Waals surface area (Å²) in [5.41, 5.74) is 0.356. The Balaban J connectivity index is 2.18. The fourth-order valence-electron chi connectivity index (χ4n) is 3.36. The molecule has 20 heavy (non-hydrogen) atoms. The monoisotopic (exact) mass is 275 g/mol. The molecule has 0 saturated heterocycles. The number of imidazole rings is 1. The fourth-order valence-corrected chi connectivity index (χ4v) is 3.36. The van der Waals surface area contributed by atoms with Crippen LogP contribution in [0.5, 0.6) is 0 Å². The van der Waals surface area contributed by atoms with Crippen molar-refractivity contribution in [2.45, 2.75) is 52.6 Å². The summed E-state index contributed by atoms with van der Waals surface area (Å²) in [7, 11) is 1.86. The molecule has 4 heteroatoms. The average Bonchev–Trinajstić information content (AvgIpc) is 2.83. The van der Waals surface area contributed by atoms with Gasteiger partial charge in [0, 0.05) is 7.05 Å². The van der Waals surface area contributed by atoms with Crippen molar-refractivity contribution in [3.8, 4) is 6.07 Å². The zero-order valence-corrected chi connectivity index (χ0v) is 12.9. The molecular formula is C16H25N3O. The van der Waals surface area contributed by atoms with E-state index < -0.39 is 11.5 Å². The lowest BCUT2D eigenvalue weighted by Gasteiger charge is -2.42. The summed E-state index contributed by atoms with van der Waals surface area (Å²) >= 11 is 0. The lowest BCUT2D eigenvalue weighted by molar-refractivity contribution is 0.00444. The molecule has 1 unspecified atom stereocenters. The topological polar surface area (TPSA) is 61.8 Å². The Morgan fingerprint density at radius 3 is 2.45 bits per heavy atom. The number of nitriles is 1. The first kappa shape index (κ1) is 15.1. The van der Waals surface area contributed by atoms with Gasteiger partial charge in [0.1, 0.15) is 6.10 Å². The minimum atomic E-state index is -0.749. The smallest absolute Gasteiger partial charge is 0.114 e. The Morgan fingerprint density at radius 1 is 1.45 bits per heavy atom. The first-order valence-corrected chi connectivity index (χ1v) is 7.36. The third-order valence-electron chi connectivity index (χ3n) is 4.98. The third kappa shape index (κ3) is 2.60. The summed E-state index contributed by atoms with van der Waals surface area (Å²) in [6, 6.07) is 2.41. The number of rotatable bonds is 2. The molecule has 0 spiro atoms. The van der Waals surface area contributed by atoms with Crippen molar-refractivity contribution in [1.29, 1.82) is 5.26 Å². The molecule has 1 aliphatic carbocycles. The molecule has 1 aromatic rings.